The van der Waals surface area contributed by atoms with Crippen molar-refractivity contribution in [3.05, 3.63) is 42.0 Å². The molecular formula is C15H22N2O. The van der Waals surface area contributed by atoms with Gasteiger partial charge in [0, 0.05) is 12.2 Å². The Balaban J connectivity index is 2.82. The predicted octanol–water partition coefficient (Wildman–Crippen LogP) is 3.04. The van der Waals surface area contributed by atoms with Gasteiger partial charge in [0.1, 0.15) is 0 Å². The number of benzene rings is 1. The molecule has 1 rings (SSSR count). The van der Waals surface area contributed by atoms with Crippen LogP contribution >= 0.6 is 0 Å². The molecule has 1 N–H and O–H groups in total. The zero-order valence-corrected chi connectivity index (χ0v) is 11.4. The van der Waals surface area contributed by atoms with Crippen LogP contribution in [0.4, 0.5) is 5.69 Å². The molecule has 0 atom stereocenters. The molecule has 3 heteroatoms. The SMILES string of the molecule is CC=CC(=O)Nc1ccccc1CN(CC)CC. The molecule has 0 aliphatic rings. The molecule has 0 bridgehead atoms. The van der Waals surface area contributed by atoms with Gasteiger partial charge in [0.15, 0.2) is 0 Å². The fourth-order valence-electron chi connectivity index (χ4n) is 1.79. The van der Waals surface area contributed by atoms with E-state index in [1.807, 2.05) is 25.1 Å². The van der Waals surface area contributed by atoms with Crippen LogP contribution in [-0.4, -0.2) is 23.9 Å². The van der Waals surface area contributed by atoms with Gasteiger partial charge in [0.05, 0.1) is 0 Å². The van der Waals surface area contributed by atoms with Gasteiger partial charge in [-0.15, -0.1) is 0 Å². The van der Waals surface area contributed by atoms with Crippen LogP contribution in [-0.2, 0) is 11.3 Å². The van der Waals surface area contributed by atoms with Gasteiger partial charge in [0.2, 0.25) is 5.91 Å². The van der Waals surface area contributed by atoms with Crippen molar-refractivity contribution in [3.8, 4) is 0 Å². The highest BCUT2D eigenvalue weighted by molar-refractivity contribution is 5.99. The van der Waals surface area contributed by atoms with E-state index in [9.17, 15) is 4.79 Å². The summed E-state index contributed by atoms with van der Waals surface area (Å²) >= 11 is 0. The normalized spacial score (nSPS) is 11.1. The van der Waals surface area contributed by atoms with E-state index in [1.165, 1.54) is 6.08 Å². The number of nitrogens with zero attached hydrogens (tertiary/aromatic N) is 1. The Kier molecular flexibility index (Phi) is 6.15. The van der Waals surface area contributed by atoms with E-state index in [1.54, 1.807) is 6.08 Å². The number of hydrogen-bond donors (Lipinski definition) is 1. The average Bonchev–Trinajstić information content (AvgIpc) is 2.38. The molecule has 1 amide bonds. The second-order valence-corrected chi connectivity index (χ2v) is 4.11. The van der Waals surface area contributed by atoms with Gasteiger partial charge in [-0.25, -0.2) is 0 Å². The summed E-state index contributed by atoms with van der Waals surface area (Å²) in [6, 6.07) is 7.95. The molecule has 3 nitrogen and oxygen atoms in total. The maximum atomic E-state index is 11.6. The highest BCUT2D eigenvalue weighted by Gasteiger charge is 2.07. The summed E-state index contributed by atoms with van der Waals surface area (Å²) in [4.78, 5) is 13.9. The molecular weight excluding hydrogens is 224 g/mol. The Morgan fingerprint density at radius 2 is 1.94 bits per heavy atom. The molecule has 18 heavy (non-hydrogen) atoms. The van der Waals surface area contributed by atoms with Crippen LogP contribution < -0.4 is 5.32 Å². The van der Waals surface area contributed by atoms with Crippen LogP contribution in [0.1, 0.15) is 26.3 Å². The maximum Gasteiger partial charge on any atom is 0.248 e. The Morgan fingerprint density at radius 1 is 1.28 bits per heavy atom. The zero-order valence-electron chi connectivity index (χ0n) is 11.4. The summed E-state index contributed by atoms with van der Waals surface area (Å²) < 4.78 is 0. The van der Waals surface area contributed by atoms with Gasteiger partial charge in [-0.3, -0.25) is 9.69 Å². The summed E-state index contributed by atoms with van der Waals surface area (Å²) in [6.45, 7) is 9.00. The van der Waals surface area contributed by atoms with Crippen LogP contribution in [0.5, 0.6) is 0 Å². The van der Waals surface area contributed by atoms with E-state index in [4.69, 9.17) is 0 Å². The van der Waals surface area contributed by atoms with Crippen LogP contribution in [0.25, 0.3) is 0 Å². The highest BCUT2D eigenvalue weighted by Crippen LogP contribution is 2.17. The third kappa shape index (κ3) is 4.34. The minimum absolute atomic E-state index is 0.0792. The van der Waals surface area contributed by atoms with Crippen molar-refractivity contribution in [2.24, 2.45) is 0 Å². The summed E-state index contributed by atoms with van der Waals surface area (Å²) in [6.07, 6.45) is 3.27. The van der Waals surface area contributed by atoms with E-state index in [-0.39, 0.29) is 5.91 Å². The van der Waals surface area contributed by atoms with Crippen LogP contribution in [0, 0.1) is 0 Å². The van der Waals surface area contributed by atoms with E-state index >= 15 is 0 Å². The molecule has 0 radical (unpaired) electrons. The van der Waals surface area contributed by atoms with E-state index in [0.29, 0.717) is 0 Å². The molecule has 1 aromatic rings. The molecule has 0 fully saturated rings. The Bertz CT molecular complexity index is 409. The first-order chi connectivity index (χ1) is 8.71. The van der Waals surface area contributed by atoms with Gasteiger partial charge in [-0.05, 0) is 37.7 Å². The smallest absolute Gasteiger partial charge is 0.248 e. The van der Waals surface area contributed by atoms with Crippen molar-refractivity contribution in [3.63, 3.8) is 0 Å². The van der Waals surface area contributed by atoms with Crippen molar-refractivity contribution >= 4 is 11.6 Å². The quantitative estimate of drug-likeness (QED) is 0.782. The summed E-state index contributed by atoms with van der Waals surface area (Å²) in [5.74, 6) is -0.0792. The van der Waals surface area contributed by atoms with Gasteiger partial charge in [-0.2, -0.15) is 0 Å². The molecule has 98 valence electrons. The molecule has 0 aliphatic heterocycles. The van der Waals surface area contributed by atoms with Crippen LogP contribution in [0.15, 0.2) is 36.4 Å². The van der Waals surface area contributed by atoms with Gasteiger partial charge >= 0.3 is 0 Å². The fourth-order valence-corrected chi connectivity index (χ4v) is 1.79. The Labute approximate surface area is 109 Å². The summed E-state index contributed by atoms with van der Waals surface area (Å²) in [5, 5.41) is 2.91. The first-order valence-corrected chi connectivity index (χ1v) is 6.45. The molecule has 0 saturated carbocycles. The number of carbonyl (C=O) groups is 1. The lowest BCUT2D eigenvalue weighted by Gasteiger charge is -2.20. The standard InChI is InChI=1S/C15H22N2O/c1-4-9-15(18)16-14-11-8-7-10-13(14)12-17(5-2)6-3/h4,7-11H,5-6,12H2,1-3H3,(H,16,18). The number of allylic oxidation sites excluding steroid dienone is 1. The van der Waals surface area contributed by atoms with E-state index in [2.05, 4.69) is 30.1 Å². The van der Waals surface area contributed by atoms with Crippen molar-refractivity contribution < 1.29 is 4.79 Å². The number of carbonyl (C=O) groups excluding carboxylic acids is 1. The number of amides is 1. The zero-order chi connectivity index (χ0) is 13.4. The third-order valence-electron chi connectivity index (χ3n) is 2.88. The molecule has 0 spiro atoms. The van der Waals surface area contributed by atoms with Crippen LogP contribution in [0.2, 0.25) is 0 Å². The van der Waals surface area contributed by atoms with Gasteiger partial charge in [0.25, 0.3) is 0 Å². The minimum Gasteiger partial charge on any atom is -0.322 e. The number of para-hydroxylation sites is 1. The second kappa shape index (κ2) is 7.67. The number of hydrogen-bond acceptors (Lipinski definition) is 2. The van der Waals surface area contributed by atoms with E-state index in [0.717, 1.165) is 30.9 Å². The maximum absolute atomic E-state index is 11.6. The largest absolute Gasteiger partial charge is 0.322 e. The lowest BCUT2D eigenvalue weighted by molar-refractivity contribution is -0.111. The second-order valence-electron chi connectivity index (χ2n) is 4.11. The number of nitrogens with one attached hydrogen (secondary N) is 1. The monoisotopic (exact) mass is 246 g/mol. The van der Waals surface area contributed by atoms with Crippen molar-refractivity contribution in [1.82, 2.24) is 4.90 Å². The van der Waals surface area contributed by atoms with Crippen molar-refractivity contribution in [2.45, 2.75) is 27.3 Å². The van der Waals surface area contributed by atoms with Gasteiger partial charge in [-0.1, -0.05) is 38.1 Å². The number of rotatable bonds is 6. The summed E-state index contributed by atoms with van der Waals surface area (Å²) in [7, 11) is 0. The molecule has 0 aliphatic carbocycles. The van der Waals surface area contributed by atoms with Gasteiger partial charge < -0.3 is 5.32 Å². The Morgan fingerprint density at radius 3 is 2.56 bits per heavy atom. The van der Waals surface area contributed by atoms with E-state index < -0.39 is 0 Å². The Hall–Kier alpha value is -1.61. The first kappa shape index (κ1) is 14.5. The predicted molar refractivity (Wildman–Crippen MR) is 76.5 cm³/mol. The topological polar surface area (TPSA) is 32.3 Å². The van der Waals surface area contributed by atoms with Crippen molar-refractivity contribution in [2.75, 3.05) is 18.4 Å². The fraction of sp³-hybridized carbons (Fsp3) is 0.400. The molecule has 0 aromatic heterocycles. The molecule has 0 heterocycles. The minimum atomic E-state index is -0.0792. The lowest BCUT2D eigenvalue weighted by Crippen LogP contribution is -2.23. The lowest BCUT2D eigenvalue weighted by atomic mass is 10.1. The van der Waals surface area contributed by atoms with Crippen LogP contribution in [0.3, 0.4) is 0 Å². The number of anilines is 1. The van der Waals surface area contributed by atoms with Crippen molar-refractivity contribution in [1.29, 1.82) is 0 Å². The summed E-state index contributed by atoms with van der Waals surface area (Å²) in [5.41, 5.74) is 2.05. The third-order valence-corrected chi connectivity index (χ3v) is 2.88. The molecule has 1 aromatic carbocycles. The highest BCUT2D eigenvalue weighted by atomic mass is 16.1. The first-order valence-electron chi connectivity index (χ1n) is 6.45. The molecule has 0 saturated heterocycles. The average molecular weight is 246 g/mol. The molecule has 0 unspecified atom stereocenters.